The monoisotopic (exact) mass is 349 g/mol. The van der Waals surface area contributed by atoms with Gasteiger partial charge in [-0.25, -0.2) is 0 Å². The van der Waals surface area contributed by atoms with E-state index < -0.39 is 0 Å². The minimum absolute atomic E-state index is 0.482. The van der Waals surface area contributed by atoms with Crippen molar-refractivity contribution in [3.63, 3.8) is 0 Å². The van der Waals surface area contributed by atoms with Gasteiger partial charge in [0.05, 0.1) is 18.5 Å². The molecular weight excluding hydrogens is 334 g/mol. The summed E-state index contributed by atoms with van der Waals surface area (Å²) in [7, 11) is 1.63. The Labute approximate surface area is 149 Å². The maximum atomic E-state index is 5.45. The second-order valence-electron chi connectivity index (χ2n) is 5.39. The van der Waals surface area contributed by atoms with E-state index in [9.17, 15) is 0 Å². The van der Waals surface area contributed by atoms with Crippen molar-refractivity contribution in [2.45, 2.75) is 0 Å². The van der Waals surface area contributed by atoms with Crippen molar-refractivity contribution < 1.29 is 4.74 Å². The first kappa shape index (κ1) is 15.3. The third kappa shape index (κ3) is 2.74. The van der Waals surface area contributed by atoms with Crippen LogP contribution in [0.4, 0.5) is 0 Å². The van der Waals surface area contributed by atoms with Gasteiger partial charge in [-0.05, 0) is 30.4 Å². The molecule has 0 fully saturated rings. The fourth-order valence-electron chi connectivity index (χ4n) is 2.71. The molecular formula is C18H15N5OS. The quantitative estimate of drug-likeness (QED) is 0.546. The maximum absolute atomic E-state index is 5.45. The third-order valence-corrected chi connectivity index (χ3v) is 4.16. The first-order valence-electron chi connectivity index (χ1n) is 7.70. The van der Waals surface area contributed by atoms with E-state index in [1.54, 1.807) is 7.11 Å². The molecule has 4 aromatic rings. The lowest BCUT2D eigenvalue weighted by Crippen LogP contribution is -2.00. The smallest absolute Gasteiger partial charge is 0.200 e. The molecule has 0 saturated heterocycles. The molecule has 0 radical (unpaired) electrons. The van der Waals surface area contributed by atoms with Crippen molar-refractivity contribution in [1.29, 1.82) is 0 Å². The number of aromatic amines is 2. The fourth-order valence-corrected chi connectivity index (χ4v) is 2.94. The van der Waals surface area contributed by atoms with Crippen molar-refractivity contribution in [2.24, 2.45) is 0 Å². The average molecular weight is 349 g/mol. The number of aromatic nitrogens is 5. The summed E-state index contributed by atoms with van der Waals surface area (Å²) in [4.78, 5) is 0. The van der Waals surface area contributed by atoms with E-state index in [4.69, 9.17) is 17.0 Å². The molecule has 0 aliphatic heterocycles. The van der Waals surface area contributed by atoms with E-state index in [0.717, 1.165) is 22.6 Å². The van der Waals surface area contributed by atoms with Gasteiger partial charge in [-0.3, -0.25) is 14.8 Å². The fraction of sp³-hybridized carbons (Fsp3) is 0.0556. The first-order valence-corrected chi connectivity index (χ1v) is 8.11. The molecule has 25 heavy (non-hydrogen) atoms. The Hall–Kier alpha value is -3.19. The highest BCUT2D eigenvalue weighted by Crippen LogP contribution is 2.28. The van der Waals surface area contributed by atoms with Crippen LogP contribution in [0.25, 0.3) is 28.5 Å². The minimum atomic E-state index is 0.482. The van der Waals surface area contributed by atoms with E-state index in [0.29, 0.717) is 16.3 Å². The molecule has 0 aliphatic rings. The van der Waals surface area contributed by atoms with Gasteiger partial charge in [0.2, 0.25) is 0 Å². The normalized spacial score (nSPS) is 10.8. The van der Waals surface area contributed by atoms with Gasteiger partial charge in [-0.1, -0.05) is 42.5 Å². The van der Waals surface area contributed by atoms with Crippen LogP contribution in [0.2, 0.25) is 0 Å². The van der Waals surface area contributed by atoms with Crippen LogP contribution in [-0.2, 0) is 0 Å². The van der Waals surface area contributed by atoms with Gasteiger partial charge in [-0.2, -0.15) is 10.2 Å². The second-order valence-corrected chi connectivity index (χ2v) is 5.78. The maximum Gasteiger partial charge on any atom is 0.200 e. The van der Waals surface area contributed by atoms with E-state index in [2.05, 4.69) is 20.4 Å². The number of hydrogen-bond acceptors (Lipinski definition) is 4. The molecule has 0 bridgehead atoms. The largest absolute Gasteiger partial charge is 0.495 e. The predicted molar refractivity (Wildman–Crippen MR) is 98.3 cm³/mol. The van der Waals surface area contributed by atoms with Crippen LogP contribution in [0.15, 0.2) is 60.7 Å². The van der Waals surface area contributed by atoms with Crippen LogP contribution >= 0.6 is 12.2 Å². The number of benzene rings is 2. The molecule has 0 aliphatic carbocycles. The van der Waals surface area contributed by atoms with Crippen LogP contribution in [-0.4, -0.2) is 32.1 Å². The summed E-state index contributed by atoms with van der Waals surface area (Å²) in [6.07, 6.45) is 0. The summed E-state index contributed by atoms with van der Waals surface area (Å²) in [5.41, 5.74) is 3.45. The number of rotatable bonds is 4. The van der Waals surface area contributed by atoms with Gasteiger partial charge in [-0.15, -0.1) is 0 Å². The number of H-pyrrole nitrogens is 2. The second kappa shape index (κ2) is 6.37. The Morgan fingerprint density at radius 2 is 1.72 bits per heavy atom. The number of nitrogens with zero attached hydrogens (tertiary/aromatic N) is 3. The topological polar surface area (TPSA) is 71.5 Å². The number of hydrogen-bond donors (Lipinski definition) is 2. The summed E-state index contributed by atoms with van der Waals surface area (Å²) in [6.45, 7) is 0. The van der Waals surface area contributed by atoms with Gasteiger partial charge in [0.25, 0.3) is 0 Å². The molecule has 0 saturated carbocycles. The Morgan fingerprint density at radius 1 is 0.960 bits per heavy atom. The Balaban J connectivity index is 1.84. The van der Waals surface area contributed by atoms with Gasteiger partial charge in [0, 0.05) is 5.56 Å². The lowest BCUT2D eigenvalue weighted by molar-refractivity contribution is 0.413. The molecule has 0 atom stereocenters. The molecule has 2 N–H and O–H groups in total. The SMILES string of the molecule is COc1ccccc1-n1c(-c2cc(-c3ccccc3)n[nH]2)n[nH]c1=S. The molecule has 124 valence electrons. The summed E-state index contributed by atoms with van der Waals surface area (Å²) >= 11 is 5.42. The Bertz CT molecular complexity index is 1060. The molecule has 7 heteroatoms. The molecule has 0 unspecified atom stereocenters. The van der Waals surface area contributed by atoms with E-state index in [1.807, 2.05) is 65.2 Å². The van der Waals surface area contributed by atoms with Gasteiger partial charge >= 0.3 is 0 Å². The summed E-state index contributed by atoms with van der Waals surface area (Å²) < 4.78 is 7.77. The molecule has 4 rings (SSSR count). The van der Waals surface area contributed by atoms with Crippen LogP contribution in [0.5, 0.6) is 5.75 Å². The Morgan fingerprint density at radius 3 is 2.52 bits per heavy atom. The van der Waals surface area contributed by atoms with Gasteiger partial charge in [0.15, 0.2) is 10.6 Å². The van der Waals surface area contributed by atoms with Gasteiger partial charge in [0.1, 0.15) is 11.4 Å². The number of nitrogens with one attached hydrogen (secondary N) is 2. The average Bonchev–Trinajstić information content (AvgIpc) is 3.29. The number of ether oxygens (including phenoxy) is 1. The van der Waals surface area contributed by atoms with E-state index in [1.165, 1.54) is 0 Å². The summed E-state index contributed by atoms with van der Waals surface area (Å²) in [5.74, 6) is 1.35. The van der Waals surface area contributed by atoms with Crippen LogP contribution in [0, 0.1) is 4.77 Å². The number of para-hydroxylation sites is 2. The highest BCUT2D eigenvalue weighted by Gasteiger charge is 2.16. The zero-order valence-corrected chi connectivity index (χ0v) is 14.2. The molecule has 0 spiro atoms. The summed E-state index contributed by atoms with van der Waals surface area (Å²) in [6, 6.07) is 19.6. The van der Waals surface area contributed by atoms with Crippen LogP contribution in [0.3, 0.4) is 0 Å². The molecule has 2 heterocycles. The number of methoxy groups -OCH3 is 1. The zero-order chi connectivity index (χ0) is 17.2. The van der Waals surface area contributed by atoms with Gasteiger partial charge < -0.3 is 4.74 Å². The van der Waals surface area contributed by atoms with Crippen molar-refractivity contribution >= 4 is 12.2 Å². The lowest BCUT2D eigenvalue weighted by Gasteiger charge is -2.10. The third-order valence-electron chi connectivity index (χ3n) is 3.89. The Kier molecular flexibility index (Phi) is 3.91. The van der Waals surface area contributed by atoms with E-state index in [-0.39, 0.29) is 0 Å². The van der Waals surface area contributed by atoms with Crippen molar-refractivity contribution in [1.82, 2.24) is 25.0 Å². The lowest BCUT2D eigenvalue weighted by atomic mass is 10.1. The predicted octanol–water partition coefficient (Wildman–Crippen LogP) is 4.00. The first-order chi connectivity index (χ1) is 12.3. The summed E-state index contributed by atoms with van der Waals surface area (Å²) in [5, 5.41) is 14.6. The van der Waals surface area contributed by atoms with Crippen molar-refractivity contribution in [3.8, 4) is 34.2 Å². The van der Waals surface area contributed by atoms with Crippen molar-refractivity contribution in [2.75, 3.05) is 7.11 Å². The van der Waals surface area contributed by atoms with Crippen molar-refractivity contribution in [3.05, 3.63) is 65.4 Å². The van der Waals surface area contributed by atoms with Crippen LogP contribution in [0.1, 0.15) is 0 Å². The molecule has 6 nitrogen and oxygen atoms in total. The minimum Gasteiger partial charge on any atom is -0.495 e. The standard InChI is InChI=1S/C18H15N5OS/c1-24-16-10-6-5-9-15(16)23-17(21-22-18(23)25)14-11-13(19-20-14)12-7-3-2-4-8-12/h2-11H,1H3,(H,19,20)(H,22,25). The zero-order valence-electron chi connectivity index (χ0n) is 13.4. The molecule has 2 aromatic carbocycles. The highest BCUT2D eigenvalue weighted by atomic mass is 32.1. The van der Waals surface area contributed by atoms with E-state index >= 15 is 0 Å². The molecule has 2 aromatic heterocycles. The highest BCUT2D eigenvalue weighted by molar-refractivity contribution is 7.71. The van der Waals surface area contributed by atoms with Crippen LogP contribution < -0.4 is 4.74 Å². The molecule has 0 amide bonds.